The fourth-order valence-electron chi connectivity index (χ4n) is 1.39. The zero-order chi connectivity index (χ0) is 14.0. The van der Waals surface area contributed by atoms with Crippen LogP contribution in [0.5, 0.6) is 0 Å². The standard InChI is InChI=1S/C9H11N7O2S/c1-5-6(16(17)18)7(13-8(10-2)12-5)19-9-14-11-4-15(9)3/h4H,1-3H3,(H,10,12,13). The average Bonchev–Trinajstić information content (AvgIpc) is 2.73. The molecular weight excluding hydrogens is 270 g/mol. The van der Waals surface area contributed by atoms with Gasteiger partial charge in [0.15, 0.2) is 10.2 Å². The summed E-state index contributed by atoms with van der Waals surface area (Å²) < 4.78 is 1.66. The Morgan fingerprint density at radius 2 is 2.21 bits per heavy atom. The first-order valence-electron chi connectivity index (χ1n) is 5.25. The Morgan fingerprint density at radius 3 is 2.74 bits per heavy atom. The first kappa shape index (κ1) is 13.2. The van der Waals surface area contributed by atoms with Crippen LogP contribution in [0.25, 0.3) is 0 Å². The second-order valence-electron chi connectivity index (χ2n) is 3.62. The second-order valence-corrected chi connectivity index (χ2v) is 4.58. The number of nitrogens with zero attached hydrogens (tertiary/aromatic N) is 6. The Labute approximate surface area is 112 Å². The van der Waals surface area contributed by atoms with Gasteiger partial charge in [-0.2, -0.15) is 4.98 Å². The highest BCUT2D eigenvalue weighted by molar-refractivity contribution is 7.99. The van der Waals surface area contributed by atoms with Crippen LogP contribution in [-0.2, 0) is 7.05 Å². The van der Waals surface area contributed by atoms with Crippen LogP contribution >= 0.6 is 11.8 Å². The molecule has 1 N–H and O–H groups in total. The summed E-state index contributed by atoms with van der Waals surface area (Å²) >= 11 is 1.08. The lowest BCUT2D eigenvalue weighted by molar-refractivity contribution is -0.389. The number of hydrogen-bond donors (Lipinski definition) is 1. The molecule has 0 radical (unpaired) electrons. The molecule has 0 spiro atoms. The van der Waals surface area contributed by atoms with Crippen molar-refractivity contribution in [3.8, 4) is 0 Å². The zero-order valence-electron chi connectivity index (χ0n) is 10.5. The Bertz CT molecular complexity index is 627. The Balaban J connectivity index is 2.50. The lowest BCUT2D eigenvalue weighted by Crippen LogP contribution is -2.05. The third-order valence-corrected chi connectivity index (χ3v) is 3.32. The number of nitro groups is 1. The van der Waals surface area contributed by atoms with Crippen LogP contribution in [0.1, 0.15) is 5.69 Å². The van der Waals surface area contributed by atoms with E-state index in [1.165, 1.54) is 6.33 Å². The second kappa shape index (κ2) is 5.18. The number of aryl methyl sites for hydroxylation is 2. The van der Waals surface area contributed by atoms with Crippen molar-refractivity contribution in [1.82, 2.24) is 24.7 Å². The summed E-state index contributed by atoms with van der Waals surface area (Å²) in [7, 11) is 3.40. The molecule has 0 aromatic carbocycles. The minimum Gasteiger partial charge on any atom is -0.357 e. The maximum absolute atomic E-state index is 11.1. The molecular formula is C9H11N7O2S. The Kier molecular flexibility index (Phi) is 3.60. The van der Waals surface area contributed by atoms with Crippen molar-refractivity contribution in [2.24, 2.45) is 7.05 Å². The van der Waals surface area contributed by atoms with Crippen LogP contribution in [0.2, 0.25) is 0 Å². The molecule has 0 bridgehead atoms. The third-order valence-electron chi connectivity index (χ3n) is 2.29. The third kappa shape index (κ3) is 2.62. The molecule has 19 heavy (non-hydrogen) atoms. The van der Waals surface area contributed by atoms with Crippen LogP contribution in [0.3, 0.4) is 0 Å². The molecule has 2 rings (SSSR count). The highest BCUT2D eigenvalue weighted by atomic mass is 32.2. The Morgan fingerprint density at radius 1 is 1.47 bits per heavy atom. The molecule has 0 fully saturated rings. The van der Waals surface area contributed by atoms with Crippen LogP contribution in [0, 0.1) is 17.0 Å². The molecule has 2 aromatic rings. The SMILES string of the molecule is CNc1nc(C)c([N+](=O)[O-])c(Sc2nncn2C)n1. The molecule has 0 saturated heterocycles. The molecule has 10 heteroatoms. The number of aromatic nitrogens is 5. The van der Waals surface area contributed by atoms with Crippen molar-refractivity contribution in [1.29, 1.82) is 0 Å². The smallest absolute Gasteiger partial charge is 0.322 e. The minimum absolute atomic E-state index is 0.119. The van der Waals surface area contributed by atoms with Gasteiger partial charge >= 0.3 is 5.69 Å². The molecule has 0 amide bonds. The maximum atomic E-state index is 11.1. The number of nitrogens with one attached hydrogen (secondary N) is 1. The average molecular weight is 281 g/mol. The predicted molar refractivity (Wildman–Crippen MR) is 68.1 cm³/mol. The van der Waals surface area contributed by atoms with Gasteiger partial charge in [-0.25, -0.2) is 4.98 Å². The van der Waals surface area contributed by atoms with Crippen LogP contribution in [0.15, 0.2) is 16.5 Å². The van der Waals surface area contributed by atoms with Crippen LogP contribution < -0.4 is 5.32 Å². The maximum Gasteiger partial charge on any atom is 0.322 e. The normalized spacial score (nSPS) is 10.5. The molecule has 0 aliphatic carbocycles. The van der Waals surface area contributed by atoms with Gasteiger partial charge in [0.1, 0.15) is 12.0 Å². The van der Waals surface area contributed by atoms with E-state index in [-0.39, 0.29) is 10.7 Å². The molecule has 2 aromatic heterocycles. The van der Waals surface area contributed by atoms with Gasteiger partial charge in [-0.3, -0.25) is 10.1 Å². The van der Waals surface area contributed by atoms with Gasteiger partial charge in [-0.15, -0.1) is 10.2 Å². The van der Waals surface area contributed by atoms with E-state index in [1.54, 1.807) is 25.6 Å². The van der Waals surface area contributed by atoms with E-state index in [0.29, 0.717) is 16.8 Å². The topological polar surface area (TPSA) is 112 Å². The first-order valence-corrected chi connectivity index (χ1v) is 6.07. The van der Waals surface area contributed by atoms with E-state index in [0.717, 1.165) is 11.8 Å². The largest absolute Gasteiger partial charge is 0.357 e. The number of hydrogen-bond acceptors (Lipinski definition) is 8. The predicted octanol–water partition coefficient (Wildman–Crippen LogP) is 1.01. The quantitative estimate of drug-likeness (QED) is 0.502. The van der Waals surface area contributed by atoms with Gasteiger partial charge < -0.3 is 9.88 Å². The molecule has 100 valence electrons. The highest BCUT2D eigenvalue weighted by Crippen LogP contribution is 2.33. The summed E-state index contributed by atoms with van der Waals surface area (Å²) in [5.74, 6) is 0.327. The van der Waals surface area contributed by atoms with Gasteiger partial charge in [0.2, 0.25) is 5.95 Å². The van der Waals surface area contributed by atoms with Gasteiger partial charge in [-0.05, 0) is 18.7 Å². The summed E-state index contributed by atoms with van der Waals surface area (Å²) in [4.78, 5) is 18.7. The number of rotatable bonds is 4. The molecule has 0 saturated carbocycles. The lowest BCUT2D eigenvalue weighted by Gasteiger charge is -2.06. The summed E-state index contributed by atoms with van der Waals surface area (Å²) in [6.45, 7) is 1.57. The fraction of sp³-hybridized carbons (Fsp3) is 0.333. The van der Waals surface area contributed by atoms with E-state index in [9.17, 15) is 10.1 Å². The van der Waals surface area contributed by atoms with Crippen molar-refractivity contribution in [3.63, 3.8) is 0 Å². The molecule has 0 aliphatic heterocycles. The van der Waals surface area contributed by atoms with Crippen molar-refractivity contribution in [3.05, 3.63) is 22.1 Å². The molecule has 2 heterocycles. The first-order chi connectivity index (χ1) is 9.02. The highest BCUT2D eigenvalue weighted by Gasteiger charge is 2.24. The number of anilines is 1. The van der Waals surface area contributed by atoms with Crippen molar-refractivity contribution < 1.29 is 4.92 Å². The van der Waals surface area contributed by atoms with Crippen molar-refractivity contribution in [2.45, 2.75) is 17.1 Å². The summed E-state index contributed by atoms with van der Waals surface area (Å²) in [5, 5.41) is 22.2. The monoisotopic (exact) mass is 281 g/mol. The Hall–Kier alpha value is -2.23. The van der Waals surface area contributed by atoms with Gasteiger partial charge in [0.05, 0.1) is 4.92 Å². The van der Waals surface area contributed by atoms with E-state index in [4.69, 9.17) is 0 Å². The van der Waals surface area contributed by atoms with Crippen molar-refractivity contribution >= 4 is 23.4 Å². The molecule has 0 atom stereocenters. The van der Waals surface area contributed by atoms with E-state index in [2.05, 4.69) is 25.5 Å². The van der Waals surface area contributed by atoms with Gasteiger partial charge in [0.25, 0.3) is 0 Å². The zero-order valence-corrected chi connectivity index (χ0v) is 11.3. The summed E-state index contributed by atoms with van der Waals surface area (Å²) in [6, 6.07) is 0. The fourth-order valence-corrected chi connectivity index (χ4v) is 2.29. The van der Waals surface area contributed by atoms with Crippen LogP contribution in [-0.4, -0.2) is 36.7 Å². The van der Waals surface area contributed by atoms with Crippen molar-refractivity contribution in [2.75, 3.05) is 12.4 Å². The lowest BCUT2D eigenvalue weighted by atomic mass is 10.4. The summed E-state index contributed by atoms with van der Waals surface area (Å²) in [5.41, 5.74) is 0.181. The van der Waals surface area contributed by atoms with E-state index < -0.39 is 4.92 Å². The van der Waals surface area contributed by atoms with Gasteiger partial charge in [0, 0.05) is 14.1 Å². The van der Waals surface area contributed by atoms with E-state index in [1.807, 2.05) is 0 Å². The molecule has 0 aliphatic rings. The summed E-state index contributed by atoms with van der Waals surface area (Å²) in [6.07, 6.45) is 1.52. The van der Waals surface area contributed by atoms with Gasteiger partial charge in [-0.1, -0.05) is 0 Å². The van der Waals surface area contributed by atoms with E-state index >= 15 is 0 Å². The molecule has 0 unspecified atom stereocenters. The van der Waals surface area contributed by atoms with Crippen LogP contribution in [0.4, 0.5) is 11.6 Å². The molecule has 9 nitrogen and oxygen atoms in total. The minimum atomic E-state index is -0.493.